The summed E-state index contributed by atoms with van der Waals surface area (Å²) in [5, 5.41) is 5.68. The lowest BCUT2D eigenvalue weighted by Gasteiger charge is -2.27. The lowest BCUT2D eigenvalue weighted by molar-refractivity contribution is 0.253. The molecule has 1 N–H and O–H groups in total. The van der Waals surface area contributed by atoms with Gasteiger partial charge in [-0.3, -0.25) is 0 Å². The van der Waals surface area contributed by atoms with E-state index in [1.165, 1.54) is 4.88 Å². The van der Waals surface area contributed by atoms with Crippen molar-refractivity contribution >= 4 is 11.3 Å². The molecule has 0 amide bonds. The van der Waals surface area contributed by atoms with Crippen molar-refractivity contribution in [2.75, 3.05) is 13.1 Å². The SMILES string of the molecule is CC(CNCCc1cccs1)C(C)(C)C. The Morgan fingerprint density at radius 1 is 1.40 bits per heavy atom. The number of nitrogens with one attached hydrogen (secondary N) is 1. The van der Waals surface area contributed by atoms with Gasteiger partial charge in [-0.25, -0.2) is 0 Å². The molecule has 1 atom stereocenters. The first-order valence-corrected chi connectivity index (χ1v) is 6.61. The molecule has 0 fully saturated rings. The third-order valence-corrected chi connectivity index (χ3v) is 3.99. The zero-order valence-electron chi connectivity index (χ0n) is 10.3. The topological polar surface area (TPSA) is 12.0 Å². The molecule has 1 rings (SSSR count). The minimum atomic E-state index is 0.413. The monoisotopic (exact) mass is 225 g/mol. The molecular weight excluding hydrogens is 202 g/mol. The van der Waals surface area contributed by atoms with Crippen molar-refractivity contribution < 1.29 is 0 Å². The fourth-order valence-corrected chi connectivity index (χ4v) is 2.00. The number of hydrogen-bond acceptors (Lipinski definition) is 2. The van der Waals surface area contributed by atoms with Crippen LogP contribution in [0, 0.1) is 11.3 Å². The van der Waals surface area contributed by atoms with Crippen LogP contribution in [0.2, 0.25) is 0 Å². The van der Waals surface area contributed by atoms with Gasteiger partial charge in [-0.05, 0) is 42.3 Å². The van der Waals surface area contributed by atoms with Crippen molar-refractivity contribution in [3.8, 4) is 0 Å². The van der Waals surface area contributed by atoms with Gasteiger partial charge in [0, 0.05) is 4.88 Å². The van der Waals surface area contributed by atoms with E-state index in [1.54, 1.807) is 0 Å². The minimum Gasteiger partial charge on any atom is -0.316 e. The highest BCUT2D eigenvalue weighted by Crippen LogP contribution is 2.24. The normalized spacial score (nSPS) is 14.1. The zero-order valence-corrected chi connectivity index (χ0v) is 11.2. The van der Waals surface area contributed by atoms with Gasteiger partial charge in [0.15, 0.2) is 0 Å². The Labute approximate surface area is 97.9 Å². The van der Waals surface area contributed by atoms with Crippen molar-refractivity contribution in [1.82, 2.24) is 5.32 Å². The summed E-state index contributed by atoms with van der Waals surface area (Å²) < 4.78 is 0. The minimum absolute atomic E-state index is 0.413. The molecule has 15 heavy (non-hydrogen) atoms. The molecule has 86 valence electrons. The van der Waals surface area contributed by atoms with Gasteiger partial charge < -0.3 is 5.32 Å². The molecule has 1 aromatic heterocycles. The van der Waals surface area contributed by atoms with E-state index < -0.39 is 0 Å². The van der Waals surface area contributed by atoms with E-state index in [1.807, 2.05) is 11.3 Å². The Morgan fingerprint density at radius 3 is 2.67 bits per heavy atom. The van der Waals surface area contributed by atoms with E-state index in [0.29, 0.717) is 5.41 Å². The maximum absolute atomic E-state index is 3.54. The molecule has 0 aliphatic rings. The molecule has 1 nitrogen and oxygen atoms in total. The molecule has 0 spiro atoms. The molecule has 2 heteroatoms. The summed E-state index contributed by atoms with van der Waals surface area (Å²) in [5.74, 6) is 0.723. The van der Waals surface area contributed by atoms with Gasteiger partial charge in [0.05, 0.1) is 0 Å². The molecule has 0 bridgehead atoms. The Balaban J connectivity index is 2.12. The molecule has 1 heterocycles. The Kier molecular flexibility index (Phi) is 4.81. The molecular formula is C13H23NS. The highest BCUT2D eigenvalue weighted by atomic mass is 32.1. The number of hydrogen-bond donors (Lipinski definition) is 1. The molecule has 0 saturated carbocycles. The average Bonchev–Trinajstić information content (AvgIpc) is 2.63. The van der Waals surface area contributed by atoms with Gasteiger partial charge in [0.2, 0.25) is 0 Å². The zero-order chi connectivity index (χ0) is 11.3. The molecule has 0 saturated heterocycles. The second-order valence-corrected chi connectivity index (χ2v) is 6.33. The molecule has 1 aromatic rings. The van der Waals surface area contributed by atoms with E-state index in [9.17, 15) is 0 Å². The van der Waals surface area contributed by atoms with Crippen LogP contribution in [0.3, 0.4) is 0 Å². The van der Waals surface area contributed by atoms with Crippen LogP contribution in [0.4, 0.5) is 0 Å². The lowest BCUT2D eigenvalue weighted by atomic mass is 9.82. The van der Waals surface area contributed by atoms with Crippen LogP contribution < -0.4 is 5.32 Å². The largest absolute Gasteiger partial charge is 0.316 e. The number of thiophene rings is 1. The van der Waals surface area contributed by atoms with Crippen LogP contribution in [-0.2, 0) is 6.42 Å². The third-order valence-electron chi connectivity index (χ3n) is 3.06. The van der Waals surface area contributed by atoms with Crippen molar-refractivity contribution in [3.05, 3.63) is 22.4 Å². The first-order valence-electron chi connectivity index (χ1n) is 5.73. The fourth-order valence-electron chi connectivity index (χ4n) is 1.29. The van der Waals surface area contributed by atoms with Crippen molar-refractivity contribution in [3.63, 3.8) is 0 Å². The smallest absolute Gasteiger partial charge is 0.00578 e. The van der Waals surface area contributed by atoms with Crippen molar-refractivity contribution in [2.24, 2.45) is 11.3 Å². The summed E-state index contributed by atoms with van der Waals surface area (Å²) in [5.41, 5.74) is 0.413. The molecule has 0 aliphatic heterocycles. The first kappa shape index (κ1) is 12.7. The van der Waals surface area contributed by atoms with Crippen LogP contribution in [0.25, 0.3) is 0 Å². The van der Waals surface area contributed by atoms with Gasteiger partial charge in [0.25, 0.3) is 0 Å². The number of rotatable bonds is 5. The lowest BCUT2D eigenvalue weighted by Crippen LogP contribution is -2.30. The van der Waals surface area contributed by atoms with Crippen LogP contribution in [0.1, 0.15) is 32.6 Å². The Hall–Kier alpha value is -0.340. The third kappa shape index (κ3) is 4.80. The van der Waals surface area contributed by atoms with Crippen LogP contribution >= 0.6 is 11.3 Å². The second-order valence-electron chi connectivity index (χ2n) is 5.30. The molecule has 0 aliphatic carbocycles. The predicted octanol–water partition coefficient (Wildman–Crippen LogP) is 3.56. The van der Waals surface area contributed by atoms with E-state index in [2.05, 4.69) is 50.5 Å². The molecule has 0 aromatic carbocycles. The standard InChI is InChI=1S/C13H23NS/c1-11(13(2,3)4)10-14-8-7-12-6-5-9-15-12/h5-6,9,11,14H,7-8,10H2,1-4H3. The highest BCUT2D eigenvalue weighted by Gasteiger charge is 2.18. The second kappa shape index (κ2) is 5.66. The summed E-state index contributed by atoms with van der Waals surface area (Å²) in [4.78, 5) is 1.48. The Morgan fingerprint density at radius 2 is 2.13 bits per heavy atom. The van der Waals surface area contributed by atoms with Gasteiger partial charge in [0.1, 0.15) is 0 Å². The van der Waals surface area contributed by atoms with Gasteiger partial charge in [-0.1, -0.05) is 33.8 Å². The predicted molar refractivity (Wildman–Crippen MR) is 69.5 cm³/mol. The summed E-state index contributed by atoms with van der Waals surface area (Å²) in [7, 11) is 0. The maximum Gasteiger partial charge on any atom is 0.00578 e. The summed E-state index contributed by atoms with van der Waals surface area (Å²) in [6.07, 6.45) is 1.16. The van der Waals surface area contributed by atoms with Crippen LogP contribution in [0.5, 0.6) is 0 Å². The highest BCUT2D eigenvalue weighted by molar-refractivity contribution is 7.09. The Bertz CT molecular complexity index is 259. The van der Waals surface area contributed by atoms with Crippen molar-refractivity contribution in [2.45, 2.75) is 34.1 Å². The fraction of sp³-hybridized carbons (Fsp3) is 0.692. The van der Waals surface area contributed by atoms with Gasteiger partial charge in [-0.15, -0.1) is 11.3 Å². The summed E-state index contributed by atoms with van der Waals surface area (Å²) in [6.45, 7) is 11.4. The van der Waals surface area contributed by atoms with Gasteiger partial charge in [-0.2, -0.15) is 0 Å². The van der Waals surface area contributed by atoms with E-state index >= 15 is 0 Å². The first-order chi connectivity index (χ1) is 7.00. The van der Waals surface area contributed by atoms with Gasteiger partial charge >= 0.3 is 0 Å². The van der Waals surface area contributed by atoms with E-state index in [0.717, 1.165) is 25.4 Å². The maximum atomic E-state index is 3.54. The van der Waals surface area contributed by atoms with Crippen LogP contribution in [0.15, 0.2) is 17.5 Å². The quantitative estimate of drug-likeness (QED) is 0.756. The van der Waals surface area contributed by atoms with Crippen LogP contribution in [-0.4, -0.2) is 13.1 Å². The van der Waals surface area contributed by atoms with E-state index in [4.69, 9.17) is 0 Å². The van der Waals surface area contributed by atoms with Crippen molar-refractivity contribution in [1.29, 1.82) is 0 Å². The molecule has 0 radical (unpaired) electrons. The summed E-state index contributed by atoms with van der Waals surface area (Å²) >= 11 is 1.85. The summed E-state index contributed by atoms with van der Waals surface area (Å²) in [6, 6.07) is 4.33. The molecule has 1 unspecified atom stereocenters. The average molecular weight is 225 g/mol. The van der Waals surface area contributed by atoms with E-state index in [-0.39, 0.29) is 0 Å².